The van der Waals surface area contributed by atoms with Crippen LogP contribution < -0.4 is 10.5 Å². The molecule has 0 unspecified atom stereocenters. The zero-order valence-electron chi connectivity index (χ0n) is 7.05. The topological polar surface area (TPSA) is 38.0 Å². The van der Waals surface area contributed by atoms with Crippen LogP contribution in [0.25, 0.3) is 0 Å². The Kier molecular flexibility index (Phi) is 13.5. The number of hydrogen-bond acceptors (Lipinski definition) is 3. The third-order valence-corrected chi connectivity index (χ3v) is 2.15. The second-order valence-corrected chi connectivity index (χ2v) is 2.72. The first-order chi connectivity index (χ1) is 4.93. The normalized spacial score (nSPS) is 17.7. The summed E-state index contributed by atoms with van der Waals surface area (Å²) in [5.74, 6) is 0. The molecule has 3 N–H and O–H groups in total. The maximum absolute atomic E-state index is 4.50. The maximum atomic E-state index is 4.50. The molecule has 1 aliphatic rings. The van der Waals surface area contributed by atoms with Gasteiger partial charge >= 0.3 is 0 Å². The Hall–Kier alpha value is 0.560. The second-order valence-electron chi connectivity index (χ2n) is 2.46. The summed E-state index contributed by atoms with van der Waals surface area (Å²) in [6.45, 7) is 0. The van der Waals surface area contributed by atoms with Crippen LogP contribution in [0.1, 0.15) is 32.1 Å². The molecule has 0 spiro atoms. The van der Waals surface area contributed by atoms with Crippen molar-refractivity contribution in [1.82, 2.24) is 4.72 Å². The number of hydrogen-bond donors (Lipinski definition) is 3. The molecule has 0 radical (unpaired) electrons. The molecule has 0 aromatic heterocycles. The number of halogens is 1. The second kappa shape index (κ2) is 10.6. The third kappa shape index (κ3) is 6.94. The Morgan fingerprint density at radius 1 is 1.18 bits per heavy atom. The van der Waals surface area contributed by atoms with Crippen molar-refractivity contribution in [2.24, 2.45) is 5.73 Å². The van der Waals surface area contributed by atoms with Crippen molar-refractivity contribution in [1.29, 1.82) is 0 Å². The lowest BCUT2D eigenvalue weighted by atomic mass is 9.96. The highest BCUT2D eigenvalue weighted by molar-refractivity contribution is 7.78. The van der Waals surface area contributed by atoms with Gasteiger partial charge in [0.2, 0.25) is 0 Å². The summed E-state index contributed by atoms with van der Waals surface area (Å²) >= 11 is 4.01. The van der Waals surface area contributed by atoms with E-state index in [2.05, 4.69) is 23.3 Å². The molecule has 0 atom stereocenters. The minimum absolute atomic E-state index is 0. The Labute approximate surface area is 81.3 Å². The van der Waals surface area contributed by atoms with E-state index in [4.69, 9.17) is 0 Å². The van der Waals surface area contributed by atoms with E-state index in [9.17, 15) is 0 Å². The predicted molar refractivity (Wildman–Crippen MR) is 56.4 cm³/mol. The number of thiol groups is 1. The van der Waals surface area contributed by atoms with E-state index in [0.29, 0.717) is 6.04 Å². The summed E-state index contributed by atoms with van der Waals surface area (Å²) in [7, 11) is 1.50. The van der Waals surface area contributed by atoms with Gasteiger partial charge in [-0.05, 0) is 19.9 Å². The predicted octanol–water partition coefficient (Wildman–Crippen LogP) is 1.75. The van der Waals surface area contributed by atoms with Crippen LogP contribution in [-0.4, -0.2) is 13.1 Å². The molecule has 0 bridgehead atoms. The van der Waals surface area contributed by atoms with E-state index in [0.717, 1.165) is 0 Å². The molecule has 1 saturated carbocycles. The van der Waals surface area contributed by atoms with Crippen LogP contribution in [0.4, 0.5) is 0 Å². The Bertz CT molecular complexity index is 67.5. The summed E-state index contributed by atoms with van der Waals surface area (Å²) in [5.41, 5.74) is 4.50. The fourth-order valence-electron chi connectivity index (χ4n) is 1.23. The molecule has 0 aromatic carbocycles. The van der Waals surface area contributed by atoms with Crippen molar-refractivity contribution in [2.45, 2.75) is 38.1 Å². The molecule has 1 aliphatic carbocycles. The van der Waals surface area contributed by atoms with Gasteiger partial charge in [-0.15, -0.1) is 12.4 Å². The average molecular weight is 199 g/mol. The zero-order chi connectivity index (χ0) is 7.82. The number of nitrogens with two attached hydrogens (primary N) is 1. The van der Waals surface area contributed by atoms with Gasteiger partial charge in [-0.25, -0.2) is 0 Å². The van der Waals surface area contributed by atoms with Gasteiger partial charge in [0.1, 0.15) is 0 Å². The highest BCUT2D eigenvalue weighted by Gasteiger charge is 2.09. The van der Waals surface area contributed by atoms with E-state index in [-0.39, 0.29) is 12.4 Å². The molecule has 1 fully saturated rings. The summed E-state index contributed by atoms with van der Waals surface area (Å²) in [6, 6.07) is 0.701. The molecule has 0 aromatic rings. The van der Waals surface area contributed by atoms with Gasteiger partial charge in [-0.1, -0.05) is 32.1 Å². The maximum Gasteiger partial charge on any atom is 0.0169 e. The lowest BCUT2D eigenvalue weighted by Crippen LogP contribution is -2.23. The molecule has 70 valence electrons. The SMILES string of the molecule is CN.Cl.SNC1CCCCC1. The molecule has 0 aliphatic heterocycles. The van der Waals surface area contributed by atoms with Crippen LogP contribution in [0.5, 0.6) is 0 Å². The highest BCUT2D eigenvalue weighted by Crippen LogP contribution is 2.17. The van der Waals surface area contributed by atoms with Crippen molar-refractivity contribution in [3.8, 4) is 0 Å². The Balaban J connectivity index is 0. The van der Waals surface area contributed by atoms with Crippen molar-refractivity contribution < 1.29 is 0 Å². The molecule has 2 nitrogen and oxygen atoms in total. The quantitative estimate of drug-likeness (QED) is 0.562. The van der Waals surface area contributed by atoms with Gasteiger partial charge in [-0.2, -0.15) is 0 Å². The molecular formula is C7H19ClN2S. The van der Waals surface area contributed by atoms with Crippen LogP contribution in [0.2, 0.25) is 0 Å². The fourth-order valence-corrected chi connectivity index (χ4v) is 1.49. The Morgan fingerprint density at radius 3 is 1.91 bits per heavy atom. The van der Waals surface area contributed by atoms with Crippen LogP contribution in [0.15, 0.2) is 0 Å². The molecule has 11 heavy (non-hydrogen) atoms. The minimum Gasteiger partial charge on any atom is -0.333 e. The van der Waals surface area contributed by atoms with Crippen molar-refractivity contribution in [3.05, 3.63) is 0 Å². The highest BCUT2D eigenvalue weighted by atomic mass is 35.5. The Morgan fingerprint density at radius 2 is 1.64 bits per heavy atom. The van der Waals surface area contributed by atoms with Crippen LogP contribution in [0.3, 0.4) is 0 Å². The average Bonchev–Trinajstić information content (AvgIpc) is 2.10. The largest absolute Gasteiger partial charge is 0.333 e. The molecule has 0 heterocycles. The van der Waals surface area contributed by atoms with E-state index >= 15 is 0 Å². The summed E-state index contributed by atoms with van der Waals surface area (Å²) in [5, 5.41) is 0. The molecule has 0 saturated heterocycles. The van der Waals surface area contributed by atoms with Crippen molar-refractivity contribution in [3.63, 3.8) is 0 Å². The van der Waals surface area contributed by atoms with E-state index in [1.54, 1.807) is 0 Å². The van der Waals surface area contributed by atoms with Crippen molar-refractivity contribution in [2.75, 3.05) is 7.05 Å². The molecular weight excluding hydrogens is 180 g/mol. The van der Waals surface area contributed by atoms with Gasteiger partial charge in [0.25, 0.3) is 0 Å². The first kappa shape index (κ1) is 14.1. The number of rotatable bonds is 1. The lowest BCUT2D eigenvalue weighted by Gasteiger charge is -2.19. The van der Waals surface area contributed by atoms with Gasteiger partial charge in [0.05, 0.1) is 0 Å². The monoisotopic (exact) mass is 198 g/mol. The third-order valence-electron chi connectivity index (χ3n) is 1.79. The molecule has 4 heteroatoms. The van der Waals surface area contributed by atoms with Crippen LogP contribution in [0, 0.1) is 0 Å². The summed E-state index contributed by atoms with van der Waals surface area (Å²) in [6.07, 6.45) is 6.84. The van der Waals surface area contributed by atoms with E-state index < -0.39 is 0 Å². The fraction of sp³-hybridized carbons (Fsp3) is 1.00. The number of nitrogens with one attached hydrogen (secondary N) is 1. The van der Waals surface area contributed by atoms with E-state index in [1.165, 1.54) is 39.2 Å². The lowest BCUT2D eigenvalue weighted by molar-refractivity contribution is 0.424. The van der Waals surface area contributed by atoms with Gasteiger partial charge in [-0.3, -0.25) is 4.72 Å². The van der Waals surface area contributed by atoms with Crippen LogP contribution in [-0.2, 0) is 0 Å². The van der Waals surface area contributed by atoms with Crippen molar-refractivity contribution >= 4 is 25.2 Å². The molecule has 1 rings (SSSR count). The standard InChI is InChI=1S/C6H13NS.CH5N.ClH/c8-7-6-4-2-1-3-5-6;1-2;/h6-8H,1-5H2;2H2,1H3;1H. The summed E-state index contributed by atoms with van der Waals surface area (Å²) < 4.78 is 3.00. The van der Waals surface area contributed by atoms with E-state index in [1.807, 2.05) is 0 Å². The first-order valence-electron chi connectivity index (χ1n) is 3.91. The first-order valence-corrected chi connectivity index (χ1v) is 4.35. The van der Waals surface area contributed by atoms with Gasteiger partial charge in [0, 0.05) is 6.04 Å². The van der Waals surface area contributed by atoms with Gasteiger partial charge in [0.15, 0.2) is 0 Å². The summed E-state index contributed by atoms with van der Waals surface area (Å²) in [4.78, 5) is 0. The minimum atomic E-state index is 0. The zero-order valence-corrected chi connectivity index (χ0v) is 8.76. The van der Waals surface area contributed by atoms with Gasteiger partial charge < -0.3 is 5.73 Å². The van der Waals surface area contributed by atoms with Crippen LogP contribution >= 0.6 is 25.2 Å². The smallest absolute Gasteiger partial charge is 0.0169 e. The molecule has 0 amide bonds.